The van der Waals surface area contributed by atoms with E-state index in [0.29, 0.717) is 16.5 Å². The molecule has 0 aliphatic heterocycles. The molecule has 0 saturated heterocycles. The number of nitrogens with zero attached hydrogens (tertiary/aromatic N) is 3. The number of amides is 1. The van der Waals surface area contributed by atoms with E-state index in [9.17, 15) is 18.0 Å². The second-order valence-corrected chi connectivity index (χ2v) is 5.51. The first kappa shape index (κ1) is 18.1. The van der Waals surface area contributed by atoms with Crippen molar-refractivity contribution in [2.45, 2.75) is 12.7 Å². The van der Waals surface area contributed by atoms with E-state index in [4.69, 9.17) is 11.6 Å². The molecule has 0 aliphatic rings. The Morgan fingerprint density at radius 3 is 2.71 bits per heavy atom. The summed E-state index contributed by atoms with van der Waals surface area (Å²) in [7, 11) is 0. The highest BCUT2D eigenvalue weighted by atomic mass is 35.5. The molecule has 0 atom stereocenters. The molecular weight excluding hydrogens is 343 g/mol. The van der Waals surface area contributed by atoms with Crippen LogP contribution in [-0.2, 0) is 6.54 Å². The molecule has 1 heterocycles. The van der Waals surface area contributed by atoms with E-state index in [0.717, 1.165) is 5.56 Å². The van der Waals surface area contributed by atoms with Crippen molar-refractivity contribution in [2.24, 2.45) is 0 Å². The van der Waals surface area contributed by atoms with Gasteiger partial charge in [-0.3, -0.25) is 9.48 Å². The van der Waals surface area contributed by atoms with Crippen LogP contribution in [-0.4, -0.2) is 39.9 Å². The number of benzene rings is 1. The van der Waals surface area contributed by atoms with Gasteiger partial charge in [-0.2, -0.15) is 18.3 Å². The van der Waals surface area contributed by atoms with Crippen molar-refractivity contribution in [2.75, 3.05) is 13.1 Å². The van der Waals surface area contributed by atoms with Gasteiger partial charge in [-0.15, -0.1) is 6.58 Å². The quantitative estimate of drug-likeness (QED) is 0.738. The molecule has 0 radical (unpaired) electrons. The molecule has 1 amide bonds. The largest absolute Gasteiger partial charge is 0.406 e. The molecule has 128 valence electrons. The Morgan fingerprint density at radius 2 is 2.08 bits per heavy atom. The van der Waals surface area contributed by atoms with Gasteiger partial charge < -0.3 is 4.90 Å². The van der Waals surface area contributed by atoms with Gasteiger partial charge in [0.05, 0.1) is 18.3 Å². The monoisotopic (exact) mass is 357 g/mol. The number of rotatable bonds is 6. The van der Waals surface area contributed by atoms with E-state index in [2.05, 4.69) is 11.7 Å². The van der Waals surface area contributed by atoms with Gasteiger partial charge in [-0.25, -0.2) is 0 Å². The minimum atomic E-state index is -4.48. The summed E-state index contributed by atoms with van der Waals surface area (Å²) < 4.78 is 39.2. The van der Waals surface area contributed by atoms with Crippen molar-refractivity contribution in [3.63, 3.8) is 0 Å². The standard InChI is InChI=1S/C16H15ClF3N3O/c1-2-7-22(11-16(18,19)20)15(24)13-8-21-23(10-13)9-12-5-3-4-6-14(12)17/h2-6,8,10H,1,7,9,11H2. The molecule has 0 spiro atoms. The summed E-state index contributed by atoms with van der Waals surface area (Å²) >= 11 is 6.06. The van der Waals surface area contributed by atoms with Crippen LogP contribution in [0.2, 0.25) is 5.02 Å². The van der Waals surface area contributed by atoms with Gasteiger partial charge in [-0.1, -0.05) is 35.9 Å². The third-order valence-corrected chi connectivity index (χ3v) is 3.55. The van der Waals surface area contributed by atoms with Crippen LogP contribution in [0.4, 0.5) is 13.2 Å². The highest BCUT2D eigenvalue weighted by Crippen LogP contribution is 2.19. The fourth-order valence-electron chi connectivity index (χ4n) is 2.14. The average molecular weight is 358 g/mol. The summed E-state index contributed by atoms with van der Waals surface area (Å²) in [5, 5.41) is 4.56. The first-order valence-electron chi connectivity index (χ1n) is 7.03. The summed E-state index contributed by atoms with van der Waals surface area (Å²) in [5.41, 5.74) is 0.868. The Balaban J connectivity index is 2.14. The van der Waals surface area contributed by atoms with Crippen molar-refractivity contribution in [3.05, 3.63) is 65.5 Å². The zero-order valence-corrected chi connectivity index (χ0v) is 13.4. The maximum atomic E-state index is 12.6. The molecular formula is C16H15ClF3N3O. The van der Waals surface area contributed by atoms with Crippen molar-refractivity contribution in [1.82, 2.24) is 14.7 Å². The van der Waals surface area contributed by atoms with E-state index < -0.39 is 18.6 Å². The topological polar surface area (TPSA) is 38.1 Å². The lowest BCUT2D eigenvalue weighted by Crippen LogP contribution is -2.38. The molecule has 4 nitrogen and oxygen atoms in total. The molecule has 24 heavy (non-hydrogen) atoms. The van der Waals surface area contributed by atoms with E-state index in [1.807, 2.05) is 6.07 Å². The summed E-state index contributed by atoms with van der Waals surface area (Å²) in [5.74, 6) is -0.752. The summed E-state index contributed by atoms with van der Waals surface area (Å²) in [6.45, 7) is 2.15. The van der Waals surface area contributed by atoms with Crippen LogP contribution < -0.4 is 0 Å². The summed E-state index contributed by atoms with van der Waals surface area (Å²) in [4.78, 5) is 12.9. The number of hydrogen-bond acceptors (Lipinski definition) is 2. The van der Waals surface area contributed by atoms with Gasteiger partial charge in [0.25, 0.3) is 5.91 Å². The first-order valence-corrected chi connectivity index (χ1v) is 7.41. The smallest absolute Gasteiger partial charge is 0.326 e. The number of carbonyl (C=O) groups is 1. The molecule has 0 aliphatic carbocycles. The predicted molar refractivity (Wildman–Crippen MR) is 84.9 cm³/mol. The average Bonchev–Trinajstić information content (AvgIpc) is 2.96. The van der Waals surface area contributed by atoms with Gasteiger partial charge in [0.2, 0.25) is 0 Å². The fraction of sp³-hybridized carbons (Fsp3) is 0.250. The van der Waals surface area contributed by atoms with Crippen LogP contribution in [0.15, 0.2) is 49.3 Å². The molecule has 0 unspecified atom stereocenters. The fourth-order valence-corrected chi connectivity index (χ4v) is 2.33. The predicted octanol–water partition coefficient (Wildman–Crippen LogP) is 3.78. The molecule has 0 fully saturated rings. The van der Waals surface area contributed by atoms with E-state index in [1.165, 1.54) is 23.2 Å². The Morgan fingerprint density at radius 1 is 1.38 bits per heavy atom. The number of aromatic nitrogens is 2. The zero-order valence-electron chi connectivity index (χ0n) is 12.6. The van der Waals surface area contributed by atoms with Crippen molar-refractivity contribution >= 4 is 17.5 Å². The van der Waals surface area contributed by atoms with Crippen LogP contribution in [0.1, 0.15) is 15.9 Å². The van der Waals surface area contributed by atoms with Crippen LogP contribution in [0.5, 0.6) is 0 Å². The second-order valence-electron chi connectivity index (χ2n) is 5.11. The molecule has 0 bridgehead atoms. The molecule has 1 aromatic heterocycles. The Kier molecular flexibility index (Phi) is 5.66. The summed E-state index contributed by atoms with van der Waals surface area (Å²) in [6, 6.07) is 7.13. The first-order chi connectivity index (χ1) is 11.3. The zero-order chi connectivity index (χ0) is 17.7. The highest BCUT2D eigenvalue weighted by molar-refractivity contribution is 6.31. The van der Waals surface area contributed by atoms with Crippen LogP contribution >= 0.6 is 11.6 Å². The second kappa shape index (κ2) is 7.53. The maximum absolute atomic E-state index is 12.6. The molecule has 0 saturated carbocycles. The number of hydrogen-bond donors (Lipinski definition) is 0. The van der Waals surface area contributed by atoms with Gasteiger partial charge in [0.15, 0.2) is 0 Å². The Labute approximate surface area is 142 Å². The van der Waals surface area contributed by atoms with E-state index >= 15 is 0 Å². The van der Waals surface area contributed by atoms with Gasteiger partial charge >= 0.3 is 6.18 Å². The van der Waals surface area contributed by atoms with Crippen molar-refractivity contribution < 1.29 is 18.0 Å². The summed E-state index contributed by atoms with van der Waals surface area (Å²) in [6.07, 6.45) is -0.589. The van der Waals surface area contributed by atoms with E-state index in [1.54, 1.807) is 18.2 Å². The van der Waals surface area contributed by atoms with Crippen LogP contribution in [0.25, 0.3) is 0 Å². The normalized spacial score (nSPS) is 11.3. The maximum Gasteiger partial charge on any atom is 0.406 e. The molecule has 8 heteroatoms. The van der Waals surface area contributed by atoms with Gasteiger partial charge in [-0.05, 0) is 11.6 Å². The van der Waals surface area contributed by atoms with E-state index in [-0.39, 0.29) is 12.1 Å². The minimum Gasteiger partial charge on any atom is -0.326 e. The third kappa shape index (κ3) is 4.86. The highest BCUT2D eigenvalue weighted by Gasteiger charge is 2.33. The molecule has 2 aromatic rings. The minimum absolute atomic E-state index is 0.0770. The molecule has 2 rings (SSSR count). The molecule has 1 aromatic carbocycles. The Bertz CT molecular complexity index is 727. The third-order valence-electron chi connectivity index (χ3n) is 3.18. The number of carbonyl (C=O) groups excluding carboxylic acids is 1. The van der Waals surface area contributed by atoms with Gasteiger partial charge in [0, 0.05) is 17.8 Å². The lowest BCUT2D eigenvalue weighted by molar-refractivity contribution is -0.139. The number of alkyl halides is 3. The van der Waals surface area contributed by atoms with Crippen molar-refractivity contribution in [3.8, 4) is 0 Å². The van der Waals surface area contributed by atoms with Crippen molar-refractivity contribution in [1.29, 1.82) is 0 Å². The molecule has 0 N–H and O–H groups in total. The lowest BCUT2D eigenvalue weighted by Gasteiger charge is -2.21. The van der Waals surface area contributed by atoms with Gasteiger partial charge in [0.1, 0.15) is 6.54 Å². The number of halogens is 4. The Hall–Kier alpha value is -2.28. The van der Waals surface area contributed by atoms with Crippen LogP contribution in [0.3, 0.4) is 0 Å². The lowest BCUT2D eigenvalue weighted by atomic mass is 10.2. The SMILES string of the molecule is C=CCN(CC(F)(F)F)C(=O)c1cnn(Cc2ccccc2Cl)c1. The van der Waals surface area contributed by atoms with Crippen LogP contribution in [0, 0.1) is 0 Å².